The molecule has 2 fully saturated rings. The number of piperidine rings is 2. The largest absolute Gasteiger partial charge is 0.378 e. The van der Waals surface area contributed by atoms with Crippen molar-refractivity contribution in [3.63, 3.8) is 0 Å². The first-order chi connectivity index (χ1) is 12.8. The molecule has 27 heavy (non-hydrogen) atoms. The quantitative estimate of drug-likeness (QED) is 0.801. The number of halogens is 1. The lowest BCUT2D eigenvalue weighted by molar-refractivity contribution is -0.148. The van der Waals surface area contributed by atoms with Gasteiger partial charge in [0.1, 0.15) is 5.82 Å². The number of hydrogen-bond acceptors (Lipinski definition) is 4. The van der Waals surface area contributed by atoms with Crippen molar-refractivity contribution >= 4 is 17.7 Å². The summed E-state index contributed by atoms with van der Waals surface area (Å²) in [4.78, 5) is 38.9. The van der Waals surface area contributed by atoms with Crippen LogP contribution < -0.4 is 5.73 Å². The van der Waals surface area contributed by atoms with E-state index in [1.54, 1.807) is 4.90 Å². The lowest BCUT2D eigenvalue weighted by Gasteiger charge is -2.47. The Balaban J connectivity index is 1.61. The molecule has 1 spiro atoms. The Hall–Kier alpha value is -2.48. The van der Waals surface area contributed by atoms with Crippen LogP contribution in [0.3, 0.4) is 0 Å². The molecule has 1 aromatic rings. The van der Waals surface area contributed by atoms with Crippen molar-refractivity contribution in [1.82, 2.24) is 9.80 Å². The Kier molecular flexibility index (Phi) is 5.46. The van der Waals surface area contributed by atoms with Crippen LogP contribution in [0.2, 0.25) is 0 Å². The van der Waals surface area contributed by atoms with E-state index in [-0.39, 0.29) is 17.9 Å². The Morgan fingerprint density at radius 3 is 2.41 bits per heavy atom. The molecule has 2 heterocycles. The minimum atomic E-state index is -1.32. The van der Waals surface area contributed by atoms with Crippen LogP contribution in [-0.2, 0) is 14.4 Å². The number of rotatable bonds is 4. The molecular weight excluding hydrogens is 353 g/mol. The van der Waals surface area contributed by atoms with E-state index in [1.165, 1.54) is 29.2 Å². The van der Waals surface area contributed by atoms with Crippen LogP contribution >= 0.6 is 0 Å². The summed E-state index contributed by atoms with van der Waals surface area (Å²) in [5.41, 5.74) is 5.46. The van der Waals surface area contributed by atoms with Crippen molar-refractivity contribution in [2.45, 2.75) is 31.8 Å². The highest BCUT2D eigenvalue weighted by atomic mass is 19.1. The number of nitrogens with zero attached hydrogens (tertiary/aromatic N) is 2. The number of hydrogen-bond donors (Lipinski definition) is 2. The van der Waals surface area contributed by atoms with Gasteiger partial charge in [-0.1, -0.05) is 12.1 Å². The SMILES string of the molecule is NC(=O)CN1CC2(CCC1=O)CCN(C(=O)C(O)c1ccc(F)cc1)CC2. The fraction of sp³-hybridized carbons (Fsp3) is 0.526. The Morgan fingerprint density at radius 1 is 1.19 bits per heavy atom. The standard InChI is InChI=1S/C19H24FN3O4/c20-14-3-1-13(2-4-14)17(26)18(27)22-9-7-19(8-10-22)6-5-16(25)23(12-19)11-15(21)24/h1-4,17,26H,5-12H2,(H2,21,24). The summed E-state index contributed by atoms with van der Waals surface area (Å²) < 4.78 is 13.0. The predicted octanol–water partition coefficient (Wildman–Crippen LogP) is 0.576. The van der Waals surface area contributed by atoms with Crippen LogP contribution in [0.25, 0.3) is 0 Å². The second-order valence-electron chi connectivity index (χ2n) is 7.50. The van der Waals surface area contributed by atoms with Gasteiger partial charge in [0.2, 0.25) is 11.8 Å². The fourth-order valence-electron chi connectivity index (χ4n) is 4.00. The first-order valence-corrected chi connectivity index (χ1v) is 9.08. The zero-order valence-corrected chi connectivity index (χ0v) is 15.1. The third-order valence-corrected chi connectivity index (χ3v) is 5.65. The molecule has 1 aromatic carbocycles. The van der Waals surface area contributed by atoms with Gasteiger partial charge in [-0.2, -0.15) is 0 Å². The van der Waals surface area contributed by atoms with Crippen molar-refractivity contribution in [1.29, 1.82) is 0 Å². The number of aliphatic hydroxyl groups excluding tert-OH is 1. The van der Waals surface area contributed by atoms with Gasteiger partial charge in [0.25, 0.3) is 5.91 Å². The van der Waals surface area contributed by atoms with Gasteiger partial charge in [-0.15, -0.1) is 0 Å². The van der Waals surface area contributed by atoms with Gasteiger partial charge >= 0.3 is 0 Å². The maximum absolute atomic E-state index is 13.0. The third-order valence-electron chi connectivity index (χ3n) is 5.65. The van der Waals surface area contributed by atoms with Crippen LogP contribution in [0.4, 0.5) is 4.39 Å². The lowest BCUT2D eigenvalue weighted by atomic mass is 9.72. The summed E-state index contributed by atoms with van der Waals surface area (Å²) in [6, 6.07) is 5.22. The molecular formula is C19H24FN3O4. The molecule has 0 aliphatic carbocycles. The molecule has 0 saturated carbocycles. The van der Waals surface area contributed by atoms with Crippen LogP contribution in [0.5, 0.6) is 0 Å². The first-order valence-electron chi connectivity index (χ1n) is 9.08. The lowest BCUT2D eigenvalue weighted by Crippen LogP contribution is -2.54. The van der Waals surface area contributed by atoms with E-state index in [4.69, 9.17) is 5.73 Å². The molecule has 0 aromatic heterocycles. The van der Waals surface area contributed by atoms with Crippen LogP contribution in [0, 0.1) is 11.2 Å². The van der Waals surface area contributed by atoms with Gasteiger partial charge in [-0.3, -0.25) is 14.4 Å². The number of benzene rings is 1. The number of carbonyl (C=O) groups excluding carboxylic acids is 3. The normalized spacial score (nSPS) is 20.6. The summed E-state index contributed by atoms with van der Waals surface area (Å²) in [7, 11) is 0. The zero-order chi connectivity index (χ0) is 19.6. The fourth-order valence-corrected chi connectivity index (χ4v) is 4.00. The molecule has 8 heteroatoms. The molecule has 0 bridgehead atoms. The molecule has 3 amide bonds. The topological polar surface area (TPSA) is 104 Å². The molecule has 3 N–H and O–H groups in total. The average Bonchev–Trinajstić information content (AvgIpc) is 2.65. The monoisotopic (exact) mass is 377 g/mol. The van der Waals surface area contributed by atoms with Crippen LogP contribution in [-0.4, -0.2) is 58.8 Å². The van der Waals surface area contributed by atoms with E-state index in [0.29, 0.717) is 44.5 Å². The van der Waals surface area contributed by atoms with Crippen molar-refractivity contribution in [3.8, 4) is 0 Å². The molecule has 2 aliphatic rings. The van der Waals surface area contributed by atoms with Gasteiger partial charge in [-0.05, 0) is 42.4 Å². The van der Waals surface area contributed by atoms with E-state index < -0.39 is 23.7 Å². The number of carbonyl (C=O) groups is 3. The average molecular weight is 377 g/mol. The van der Waals surface area contributed by atoms with E-state index >= 15 is 0 Å². The first kappa shape index (κ1) is 19.3. The van der Waals surface area contributed by atoms with Gasteiger partial charge in [0.05, 0.1) is 6.54 Å². The molecule has 0 radical (unpaired) electrons. The van der Waals surface area contributed by atoms with Crippen molar-refractivity contribution in [3.05, 3.63) is 35.6 Å². The Labute approximate surface area is 156 Å². The number of nitrogens with two attached hydrogens (primary N) is 1. The predicted molar refractivity (Wildman–Crippen MR) is 94.6 cm³/mol. The van der Waals surface area contributed by atoms with Gasteiger partial charge in [-0.25, -0.2) is 4.39 Å². The molecule has 2 saturated heterocycles. The highest BCUT2D eigenvalue weighted by Gasteiger charge is 2.42. The molecule has 1 unspecified atom stereocenters. The summed E-state index contributed by atoms with van der Waals surface area (Å²) in [6.45, 7) is 1.33. The molecule has 2 aliphatic heterocycles. The van der Waals surface area contributed by atoms with Crippen LogP contribution in [0.1, 0.15) is 37.4 Å². The second kappa shape index (κ2) is 7.64. The number of amides is 3. The molecule has 7 nitrogen and oxygen atoms in total. The minimum Gasteiger partial charge on any atom is -0.378 e. The van der Waals surface area contributed by atoms with Gasteiger partial charge < -0.3 is 20.6 Å². The van der Waals surface area contributed by atoms with E-state index in [9.17, 15) is 23.9 Å². The van der Waals surface area contributed by atoms with Crippen molar-refractivity contribution in [2.24, 2.45) is 11.1 Å². The molecule has 1 atom stereocenters. The Bertz CT molecular complexity index is 729. The van der Waals surface area contributed by atoms with Crippen LogP contribution in [0.15, 0.2) is 24.3 Å². The van der Waals surface area contributed by atoms with Crippen molar-refractivity contribution in [2.75, 3.05) is 26.2 Å². The smallest absolute Gasteiger partial charge is 0.256 e. The number of aliphatic hydroxyl groups is 1. The summed E-state index contributed by atoms with van der Waals surface area (Å²) in [5, 5.41) is 10.3. The summed E-state index contributed by atoms with van der Waals surface area (Å²) in [5.74, 6) is -1.43. The second-order valence-corrected chi connectivity index (χ2v) is 7.50. The Morgan fingerprint density at radius 2 is 1.81 bits per heavy atom. The van der Waals surface area contributed by atoms with Gasteiger partial charge in [0.15, 0.2) is 6.10 Å². The van der Waals surface area contributed by atoms with E-state index in [1.807, 2.05) is 0 Å². The third kappa shape index (κ3) is 4.27. The highest BCUT2D eigenvalue weighted by Crippen LogP contribution is 2.40. The number of primary amides is 1. The highest BCUT2D eigenvalue weighted by molar-refractivity contribution is 5.84. The molecule has 3 rings (SSSR count). The zero-order valence-electron chi connectivity index (χ0n) is 15.1. The number of likely N-dealkylation sites (tertiary alicyclic amines) is 2. The summed E-state index contributed by atoms with van der Waals surface area (Å²) in [6.07, 6.45) is 1.16. The minimum absolute atomic E-state index is 0.0651. The van der Waals surface area contributed by atoms with E-state index in [2.05, 4.69) is 0 Å². The van der Waals surface area contributed by atoms with Crippen molar-refractivity contribution < 1.29 is 23.9 Å². The maximum atomic E-state index is 13.0. The summed E-state index contributed by atoms with van der Waals surface area (Å²) >= 11 is 0. The van der Waals surface area contributed by atoms with Gasteiger partial charge in [0, 0.05) is 26.1 Å². The maximum Gasteiger partial charge on any atom is 0.256 e. The van der Waals surface area contributed by atoms with E-state index in [0.717, 1.165) is 6.42 Å². The molecule has 146 valence electrons.